The molecule has 1 aliphatic heterocycles. The van der Waals surface area contributed by atoms with Gasteiger partial charge in [-0.2, -0.15) is 0 Å². The maximum absolute atomic E-state index is 12.1. The van der Waals surface area contributed by atoms with Crippen molar-refractivity contribution >= 4 is 5.91 Å². The summed E-state index contributed by atoms with van der Waals surface area (Å²) in [6.45, 7) is 3.34. The molecule has 86 valence electrons. The Kier molecular flexibility index (Phi) is 3.01. The lowest BCUT2D eigenvalue weighted by molar-refractivity contribution is -0.139. The molecule has 1 saturated heterocycles. The van der Waals surface area contributed by atoms with Gasteiger partial charge in [0.05, 0.1) is 5.60 Å². The quantitative estimate of drug-likeness (QED) is 0.715. The molecule has 1 amide bonds. The van der Waals surface area contributed by atoms with E-state index in [0.29, 0.717) is 5.91 Å². The lowest BCUT2D eigenvalue weighted by Gasteiger charge is -2.36. The van der Waals surface area contributed by atoms with Gasteiger partial charge in [-0.1, -0.05) is 12.8 Å². The van der Waals surface area contributed by atoms with Crippen LogP contribution in [0.1, 0.15) is 45.4 Å². The minimum absolute atomic E-state index is 0.285. The molecule has 0 unspecified atom stereocenters. The molecule has 3 heteroatoms. The predicted molar refractivity (Wildman–Crippen MR) is 58.4 cm³/mol. The van der Waals surface area contributed by atoms with Gasteiger partial charge in [-0.3, -0.25) is 4.79 Å². The van der Waals surface area contributed by atoms with Crippen molar-refractivity contribution in [3.05, 3.63) is 0 Å². The van der Waals surface area contributed by atoms with Crippen LogP contribution in [-0.2, 0) is 4.79 Å². The van der Waals surface area contributed by atoms with E-state index in [2.05, 4.69) is 0 Å². The van der Waals surface area contributed by atoms with Gasteiger partial charge in [-0.05, 0) is 32.6 Å². The number of likely N-dealkylation sites (tertiary alicyclic amines) is 1. The van der Waals surface area contributed by atoms with E-state index in [4.69, 9.17) is 0 Å². The van der Waals surface area contributed by atoms with Gasteiger partial charge in [-0.15, -0.1) is 0 Å². The van der Waals surface area contributed by atoms with E-state index >= 15 is 0 Å². The van der Waals surface area contributed by atoms with Crippen molar-refractivity contribution in [3.63, 3.8) is 0 Å². The second-order valence-corrected chi connectivity index (χ2v) is 5.30. The van der Waals surface area contributed by atoms with Crippen LogP contribution in [0.3, 0.4) is 0 Å². The molecule has 0 radical (unpaired) electrons. The molecule has 0 atom stereocenters. The van der Waals surface area contributed by atoms with E-state index in [-0.39, 0.29) is 5.92 Å². The number of nitrogens with zero attached hydrogens (tertiary/aromatic N) is 1. The molecular weight excluding hydrogens is 190 g/mol. The second kappa shape index (κ2) is 4.12. The fourth-order valence-corrected chi connectivity index (χ4v) is 2.64. The summed E-state index contributed by atoms with van der Waals surface area (Å²) < 4.78 is 0. The lowest BCUT2D eigenvalue weighted by Crippen LogP contribution is -2.46. The third kappa shape index (κ3) is 2.51. The molecule has 0 bridgehead atoms. The van der Waals surface area contributed by atoms with Crippen LogP contribution in [0.2, 0.25) is 0 Å². The van der Waals surface area contributed by atoms with E-state index in [0.717, 1.165) is 38.8 Å². The van der Waals surface area contributed by atoms with Gasteiger partial charge in [0.25, 0.3) is 0 Å². The summed E-state index contributed by atoms with van der Waals surface area (Å²) in [5.41, 5.74) is -0.549. The SMILES string of the molecule is CC1(O)CCN(C(=O)C2CCCC2)CC1. The predicted octanol–water partition coefficient (Wildman–Crippen LogP) is 1.55. The van der Waals surface area contributed by atoms with E-state index in [1.165, 1.54) is 12.8 Å². The molecule has 1 saturated carbocycles. The van der Waals surface area contributed by atoms with Crippen molar-refractivity contribution in [1.82, 2.24) is 4.90 Å². The Bertz CT molecular complexity index is 234. The van der Waals surface area contributed by atoms with Crippen molar-refractivity contribution in [2.24, 2.45) is 5.92 Å². The number of rotatable bonds is 1. The largest absolute Gasteiger partial charge is 0.390 e. The van der Waals surface area contributed by atoms with Crippen LogP contribution in [0.4, 0.5) is 0 Å². The summed E-state index contributed by atoms with van der Waals surface area (Å²) in [5.74, 6) is 0.621. The van der Waals surface area contributed by atoms with E-state index in [9.17, 15) is 9.90 Å². The summed E-state index contributed by atoms with van der Waals surface area (Å²) in [5, 5.41) is 9.80. The lowest BCUT2D eigenvalue weighted by atomic mass is 9.93. The van der Waals surface area contributed by atoms with Gasteiger partial charge in [0.15, 0.2) is 0 Å². The molecule has 2 aliphatic rings. The Hall–Kier alpha value is -0.570. The van der Waals surface area contributed by atoms with Crippen LogP contribution in [-0.4, -0.2) is 34.6 Å². The van der Waals surface area contributed by atoms with Gasteiger partial charge in [0.1, 0.15) is 0 Å². The molecule has 2 fully saturated rings. The molecule has 0 aromatic carbocycles. The Labute approximate surface area is 91.5 Å². The molecule has 0 aromatic rings. The highest BCUT2D eigenvalue weighted by molar-refractivity contribution is 5.79. The number of hydrogen-bond acceptors (Lipinski definition) is 2. The van der Waals surface area contributed by atoms with Crippen LogP contribution in [0.15, 0.2) is 0 Å². The zero-order valence-corrected chi connectivity index (χ0v) is 9.54. The number of carbonyl (C=O) groups is 1. The first-order valence-corrected chi connectivity index (χ1v) is 6.10. The number of amides is 1. The summed E-state index contributed by atoms with van der Waals surface area (Å²) in [6.07, 6.45) is 6.03. The molecule has 1 aliphatic carbocycles. The Balaban J connectivity index is 1.87. The maximum Gasteiger partial charge on any atom is 0.225 e. The van der Waals surface area contributed by atoms with Gasteiger partial charge in [-0.25, -0.2) is 0 Å². The Morgan fingerprint density at radius 3 is 2.33 bits per heavy atom. The Morgan fingerprint density at radius 2 is 1.80 bits per heavy atom. The van der Waals surface area contributed by atoms with Crippen LogP contribution in [0, 0.1) is 5.92 Å². The first kappa shape index (κ1) is 10.9. The van der Waals surface area contributed by atoms with Crippen LogP contribution >= 0.6 is 0 Å². The van der Waals surface area contributed by atoms with Gasteiger partial charge < -0.3 is 10.0 Å². The Morgan fingerprint density at radius 1 is 1.27 bits per heavy atom. The van der Waals surface area contributed by atoms with Crippen LogP contribution in [0.25, 0.3) is 0 Å². The monoisotopic (exact) mass is 211 g/mol. The molecule has 1 heterocycles. The third-order valence-electron chi connectivity index (χ3n) is 3.86. The molecule has 3 nitrogen and oxygen atoms in total. The average Bonchev–Trinajstić information content (AvgIpc) is 2.69. The fourth-order valence-electron chi connectivity index (χ4n) is 2.64. The van der Waals surface area contributed by atoms with E-state index in [1.807, 2.05) is 11.8 Å². The van der Waals surface area contributed by atoms with Gasteiger partial charge in [0, 0.05) is 19.0 Å². The first-order valence-electron chi connectivity index (χ1n) is 6.10. The zero-order valence-electron chi connectivity index (χ0n) is 9.54. The highest BCUT2D eigenvalue weighted by Crippen LogP contribution is 2.29. The molecule has 0 spiro atoms. The summed E-state index contributed by atoms with van der Waals surface area (Å²) in [6, 6.07) is 0. The van der Waals surface area contributed by atoms with E-state index in [1.54, 1.807) is 0 Å². The van der Waals surface area contributed by atoms with Crippen molar-refractivity contribution in [3.8, 4) is 0 Å². The van der Waals surface area contributed by atoms with Crippen molar-refractivity contribution in [1.29, 1.82) is 0 Å². The minimum atomic E-state index is -0.549. The summed E-state index contributed by atoms with van der Waals surface area (Å²) >= 11 is 0. The number of aliphatic hydroxyl groups is 1. The number of hydrogen-bond donors (Lipinski definition) is 1. The van der Waals surface area contributed by atoms with Gasteiger partial charge in [0.2, 0.25) is 5.91 Å². The zero-order chi connectivity index (χ0) is 10.9. The molecule has 2 rings (SSSR count). The van der Waals surface area contributed by atoms with Crippen molar-refractivity contribution in [2.75, 3.05) is 13.1 Å². The third-order valence-corrected chi connectivity index (χ3v) is 3.86. The molecule has 0 aromatic heterocycles. The van der Waals surface area contributed by atoms with Crippen molar-refractivity contribution in [2.45, 2.75) is 51.0 Å². The number of piperidine rings is 1. The summed E-state index contributed by atoms with van der Waals surface area (Å²) in [4.78, 5) is 14.0. The summed E-state index contributed by atoms with van der Waals surface area (Å²) in [7, 11) is 0. The normalized spacial score (nSPS) is 26.9. The van der Waals surface area contributed by atoms with E-state index < -0.39 is 5.60 Å². The number of carbonyl (C=O) groups excluding carboxylic acids is 1. The minimum Gasteiger partial charge on any atom is -0.390 e. The highest BCUT2D eigenvalue weighted by atomic mass is 16.3. The molecule has 1 N–H and O–H groups in total. The maximum atomic E-state index is 12.1. The van der Waals surface area contributed by atoms with Crippen LogP contribution < -0.4 is 0 Å². The molecule has 15 heavy (non-hydrogen) atoms. The second-order valence-electron chi connectivity index (χ2n) is 5.30. The topological polar surface area (TPSA) is 40.5 Å². The molecular formula is C12H21NO2. The first-order chi connectivity index (χ1) is 7.08. The van der Waals surface area contributed by atoms with Crippen LogP contribution in [0.5, 0.6) is 0 Å². The van der Waals surface area contributed by atoms with Gasteiger partial charge >= 0.3 is 0 Å². The fraction of sp³-hybridized carbons (Fsp3) is 0.917. The average molecular weight is 211 g/mol. The highest BCUT2D eigenvalue weighted by Gasteiger charge is 2.33. The van der Waals surface area contributed by atoms with Crippen molar-refractivity contribution < 1.29 is 9.90 Å². The standard InChI is InChI=1S/C12H21NO2/c1-12(15)6-8-13(9-7-12)11(14)10-4-2-3-5-10/h10,15H,2-9H2,1H3. The smallest absolute Gasteiger partial charge is 0.225 e.